The number of esters is 2. The van der Waals surface area contributed by atoms with E-state index in [1.165, 1.54) is 199 Å². The summed E-state index contributed by atoms with van der Waals surface area (Å²) in [7, 11) is -4.77. The Kier molecular flexibility index (Phi) is 40.6. The topological polar surface area (TPSA) is 107 Å². The second-order valence-electron chi connectivity index (χ2n) is 16.3. The molecule has 0 aliphatic heterocycles. The molecule has 0 saturated carbocycles. The zero-order valence-corrected chi connectivity index (χ0v) is 36.7. The predicted octanol–water partition coefficient (Wildman–Crippen LogP) is 14.6. The molecule has 0 aromatic heterocycles. The van der Waals surface area contributed by atoms with Crippen LogP contribution in [-0.4, -0.2) is 43.4 Å². The molecule has 8 heteroatoms. The lowest BCUT2D eigenvalue weighted by molar-refractivity contribution is -0.150. The van der Waals surface area contributed by atoms with E-state index < -0.39 is 33.7 Å². The van der Waals surface area contributed by atoms with Crippen molar-refractivity contribution in [3.63, 3.8) is 0 Å². The first-order valence-corrected chi connectivity index (χ1v) is 25.1. The first-order valence-electron chi connectivity index (χ1n) is 23.6. The fourth-order valence-electron chi connectivity index (χ4n) is 7.33. The number of carbonyl (C=O) groups excluding carboxylic acids is 2. The van der Waals surface area contributed by atoms with E-state index in [9.17, 15) is 22.6 Å². The second-order valence-corrected chi connectivity index (χ2v) is 17.9. The minimum Gasteiger partial charge on any atom is -0.466 e. The Morgan fingerprint density at radius 2 is 0.611 bits per heavy atom. The Morgan fingerprint density at radius 3 is 0.852 bits per heavy atom. The highest BCUT2D eigenvalue weighted by atomic mass is 32.2. The Balaban J connectivity index is 3.65. The molecule has 0 radical (unpaired) electrons. The van der Waals surface area contributed by atoms with Gasteiger partial charge in [0.25, 0.3) is 10.1 Å². The van der Waals surface area contributed by atoms with Crippen LogP contribution in [0.15, 0.2) is 0 Å². The van der Waals surface area contributed by atoms with Gasteiger partial charge in [0.15, 0.2) is 5.25 Å². The molecule has 0 aromatic rings. The summed E-state index contributed by atoms with van der Waals surface area (Å²) >= 11 is 0. The minimum absolute atomic E-state index is 0.0815. The number of hydrogen-bond acceptors (Lipinski definition) is 6. The molecular weight excluding hydrogens is 697 g/mol. The highest BCUT2D eigenvalue weighted by Crippen LogP contribution is 2.17. The molecule has 322 valence electrons. The maximum atomic E-state index is 12.4. The van der Waals surface area contributed by atoms with Gasteiger partial charge in [-0.1, -0.05) is 245 Å². The summed E-state index contributed by atoms with van der Waals surface area (Å²) in [5.74, 6) is -1.89. The summed E-state index contributed by atoms with van der Waals surface area (Å²) in [5, 5.41) is -1.93. The first kappa shape index (κ1) is 52.9. The second kappa shape index (κ2) is 41.5. The molecule has 0 heterocycles. The van der Waals surface area contributed by atoms with E-state index in [1.54, 1.807) is 0 Å². The van der Waals surface area contributed by atoms with E-state index in [2.05, 4.69) is 13.8 Å². The Labute approximate surface area is 335 Å². The zero-order valence-electron chi connectivity index (χ0n) is 35.9. The number of rotatable bonds is 44. The van der Waals surface area contributed by atoms with E-state index >= 15 is 0 Å². The summed E-state index contributed by atoms with van der Waals surface area (Å²) < 4.78 is 43.5. The summed E-state index contributed by atoms with van der Waals surface area (Å²) in [6.45, 7) is 4.81. The smallest absolute Gasteiger partial charge is 0.327 e. The van der Waals surface area contributed by atoms with Gasteiger partial charge in [-0.05, 0) is 12.8 Å². The fourth-order valence-corrected chi connectivity index (χ4v) is 7.99. The Bertz CT molecular complexity index is 907. The van der Waals surface area contributed by atoms with E-state index in [-0.39, 0.29) is 13.2 Å². The minimum atomic E-state index is -4.77. The van der Waals surface area contributed by atoms with Crippen molar-refractivity contribution in [3.05, 3.63) is 0 Å². The Hall–Kier alpha value is -1.15. The SMILES string of the molecule is CCCCCCCCCCCCCCCCCCCCCOC(=O)CC(C(=O)OCCCCCCCCCCCCCCCCCCCCC)S(=O)(=O)O. The van der Waals surface area contributed by atoms with Gasteiger partial charge in [-0.2, -0.15) is 8.42 Å². The van der Waals surface area contributed by atoms with Crippen LogP contribution in [0.5, 0.6) is 0 Å². The van der Waals surface area contributed by atoms with Crippen molar-refractivity contribution in [1.29, 1.82) is 0 Å². The maximum absolute atomic E-state index is 12.4. The molecule has 7 nitrogen and oxygen atoms in total. The van der Waals surface area contributed by atoms with Gasteiger partial charge in [-0.25, -0.2) is 0 Å². The molecular formula is C46H90O7S. The average molecular weight is 787 g/mol. The van der Waals surface area contributed by atoms with Gasteiger partial charge in [0.1, 0.15) is 0 Å². The molecule has 0 fully saturated rings. The van der Waals surface area contributed by atoms with Crippen molar-refractivity contribution in [2.75, 3.05) is 13.2 Å². The third-order valence-electron chi connectivity index (χ3n) is 11.0. The van der Waals surface area contributed by atoms with Crippen LogP contribution in [0.25, 0.3) is 0 Å². The van der Waals surface area contributed by atoms with Crippen LogP contribution in [-0.2, 0) is 29.2 Å². The summed E-state index contributed by atoms with van der Waals surface area (Å²) in [5.41, 5.74) is 0. The van der Waals surface area contributed by atoms with Crippen LogP contribution in [0.4, 0.5) is 0 Å². The monoisotopic (exact) mass is 787 g/mol. The lowest BCUT2D eigenvalue weighted by Gasteiger charge is -2.13. The van der Waals surface area contributed by atoms with Gasteiger partial charge < -0.3 is 9.47 Å². The van der Waals surface area contributed by atoms with E-state index in [4.69, 9.17) is 9.47 Å². The molecule has 0 spiro atoms. The van der Waals surface area contributed by atoms with Crippen LogP contribution in [0.1, 0.15) is 264 Å². The van der Waals surface area contributed by atoms with E-state index in [0.29, 0.717) is 12.8 Å². The van der Waals surface area contributed by atoms with Crippen LogP contribution in [0.3, 0.4) is 0 Å². The molecule has 54 heavy (non-hydrogen) atoms. The largest absolute Gasteiger partial charge is 0.466 e. The van der Waals surface area contributed by atoms with Crippen molar-refractivity contribution in [3.8, 4) is 0 Å². The van der Waals surface area contributed by atoms with Crippen molar-refractivity contribution < 1.29 is 32.0 Å². The van der Waals surface area contributed by atoms with Gasteiger partial charge in [-0.3, -0.25) is 14.1 Å². The molecule has 0 rings (SSSR count). The van der Waals surface area contributed by atoms with Gasteiger partial charge >= 0.3 is 11.9 Å². The lowest BCUT2D eigenvalue weighted by Crippen LogP contribution is -2.34. The van der Waals surface area contributed by atoms with Crippen LogP contribution < -0.4 is 0 Å². The van der Waals surface area contributed by atoms with Crippen LogP contribution in [0, 0.1) is 0 Å². The van der Waals surface area contributed by atoms with Crippen LogP contribution in [0.2, 0.25) is 0 Å². The maximum Gasteiger partial charge on any atom is 0.327 e. The Morgan fingerprint density at radius 1 is 0.389 bits per heavy atom. The molecule has 0 saturated heterocycles. The fraction of sp³-hybridized carbons (Fsp3) is 0.957. The van der Waals surface area contributed by atoms with Crippen molar-refractivity contribution in [2.24, 2.45) is 0 Å². The molecule has 0 amide bonds. The number of ether oxygens (including phenoxy) is 2. The lowest BCUT2D eigenvalue weighted by atomic mass is 10.0. The summed E-state index contributed by atoms with van der Waals surface area (Å²) in [4.78, 5) is 24.7. The molecule has 1 N–H and O–H groups in total. The molecule has 0 aromatic carbocycles. The van der Waals surface area contributed by atoms with Gasteiger partial charge in [0, 0.05) is 0 Å². The van der Waals surface area contributed by atoms with Crippen molar-refractivity contribution in [2.45, 2.75) is 270 Å². The van der Waals surface area contributed by atoms with Gasteiger partial charge in [0.2, 0.25) is 0 Å². The summed E-state index contributed by atoms with van der Waals surface area (Å²) in [6, 6.07) is 0. The third kappa shape index (κ3) is 39.1. The molecule has 1 atom stereocenters. The molecule has 0 aliphatic rings. The number of hydrogen-bond donors (Lipinski definition) is 1. The predicted molar refractivity (Wildman–Crippen MR) is 229 cm³/mol. The third-order valence-corrected chi connectivity index (χ3v) is 12.1. The standard InChI is InChI=1S/C46H90O7S/c1-3-5-7-9-11-13-15-17-19-21-23-25-27-29-31-33-35-37-39-41-52-45(47)43-44(54(49,50)51)46(48)53-42-40-38-36-34-32-30-28-26-24-22-20-18-16-14-12-10-8-6-4-2/h44H,3-43H2,1-2H3,(H,49,50,51). The summed E-state index contributed by atoms with van der Waals surface area (Å²) in [6.07, 6.45) is 47.7. The normalized spacial score (nSPS) is 12.3. The first-order chi connectivity index (χ1) is 26.3. The highest BCUT2D eigenvalue weighted by molar-refractivity contribution is 7.87. The average Bonchev–Trinajstić information content (AvgIpc) is 3.14. The zero-order chi connectivity index (χ0) is 39.6. The molecule has 1 unspecified atom stereocenters. The quantitative estimate of drug-likeness (QED) is 0.0372. The number of carbonyl (C=O) groups is 2. The van der Waals surface area contributed by atoms with Crippen LogP contribution >= 0.6 is 0 Å². The van der Waals surface area contributed by atoms with E-state index in [1.807, 2.05) is 0 Å². The van der Waals surface area contributed by atoms with Crippen molar-refractivity contribution >= 4 is 22.1 Å². The highest BCUT2D eigenvalue weighted by Gasteiger charge is 2.35. The number of unbranched alkanes of at least 4 members (excludes halogenated alkanes) is 36. The van der Waals surface area contributed by atoms with Crippen molar-refractivity contribution in [1.82, 2.24) is 0 Å². The molecule has 0 aliphatic carbocycles. The van der Waals surface area contributed by atoms with E-state index in [0.717, 1.165) is 32.1 Å². The van der Waals surface area contributed by atoms with Gasteiger partial charge in [0.05, 0.1) is 19.6 Å². The van der Waals surface area contributed by atoms with Gasteiger partial charge in [-0.15, -0.1) is 0 Å². The molecule has 0 bridgehead atoms.